The molecule has 2 rings (SSSR count). The van der Waals surface area contributed by atoms with Crippen molar-refractivity contribution in [1.29, 1.82) is 0 Å². The van der Waals surface area contributed by atoms with Crippen molar-refractivity contribution in [2.45, 2.75) is 57.5 Å². The number of nitrogens with zero attached hydrogens (tertiary/aromatic N) is 1. The van der Waals surface area contributed by atoms with E-state index in [2.05, 4.69) is 43.6 Å². The van der Waals surface area contributed by atoms with Gasteiger partial charge in [-0.15, -0.1) is 6.58 Å². The van der Waals surface area contributed by atoms with E-state index in [0.29, 0.717) is 11.1 Å². The van der Waals surface area contributed by atoms with Crippen molar-refractivity contribution in [3.63, 3.8) is 0 Å². The van der Waals surface area contributed by atoms with Crippen LogP contribution in [-0.2, 0) is 0 Å². The number of nitrogens with one attached hydrogen (secondary N) is 1. The SMILES string of the molecule is C=CCN1CC(CC)(CC)NCC1(C)C1CC1. The topological polar surface area (TPSA) is 15.3 Å². The second-order valence-electron chi connectivity index (χ2n) is 6.14. The van der Waals surface area contributed by atoms with Crippen LogP contribution in [0, 0.1) is 5.92 Å². The molecule has 0 aromatic rings. The summed E-state index contributed by atoms with van der Waals surface area (Å²) in [7, 11) is 0. The van der Waals surface area contributed by atoms with E-state index in [1.54, 1.807) is 0 Å². The van der Waals surface area contributed by atoms with E-state index >= 15 is 0 Å². The summed E-state index contributed by atoms with van der Waals surface area (Å²) >= 11 is 0. The van der Waals surface area contributed by atoms with Crippen molar-refractivity contribution >= 4 is 0 Å². The van der Waals surface area contributed by atoms with Gasteiger partial charge in [0.2, 0.25) is 0 Å². The number of hydrogen-bond acceptors (Lipinski definition) is 2. The van der Waals surface area contributed by atoms with E-state index in [1.165, 1.54) is 32.2 Å². The fourth-order valence-electron chi connectivity index (χ4n) is 3.34. The smallest absolute Gasteiger partial charge is 0.0338 e. The minimum absolute atomic E-state index is 0.331. The highest BCUT2D eigenvalue weighted by Crippen LogP contribution is 2.45. The molecule has 17 heavy (non-hydrogen) atoms. The van der Waals surface area contributed by atoms with Crippen LogP contribution in [0.1, 0.15) is 46.5 Å². The van der Waals surface area contributed by atoms with E-state index in [9.17, 15) is 0 Å². The number of hydrogen-bond donors (Lipinski definition) is 1. The van der Waals surface area contributed by atoms with Crippen LogP contribution in [0.15, 0.2) is 12.7 Å². The molecule has 0 radical (unpaired) electrons. The van der Waals surface area contributed by atoms with Gasteiger partial charge in [0, 0.05) is 30.7 Å². The van der Waals surface area contributed by atoms with Crippen LogP contribution in [-0.4, -0.2) is 35.6 Å². The van der Waals surface area contributed by atoms with Crippen molar-refractivity contribution < 1.29 is 0 Å². The summed E-state index contributed by atoms with van der Waals surface area (Å²) in [6, 6.07) is 0. The summed E-state index contributed by atoms with van der Waals surface area (Å²) in [6.07, 6.45) is 7.34. The first-order valence-electron chi connectivity index (χ1n) is 7.21. The second kappa shape index (κ2) is 4.74. The minimum Gasteiger partial charge on any atom is -0.308 e. The molecule has 1 N–H and O–H groups in total. The monoisotopic (exact) mass is 236 g/mol. The summed E-state index contributed by atoms with van der Waals surface area (Å²) in [5.74, 6) is 0.904. The van der Waals surface area contributed by atoms with E-state index in [-0.39, 0.29) is 0 Å². The molecule has 0 aromatic heterocycles. The summed E-state index contributed by atoms with van der Waals surface area (Å²) < 4.78 is 0. The molecule has 0 amide bonds. The maximum absolute atomic E-state index is 3.94. The highest BCUT2D eigenvalue weighted by Gasteiger charge is 2.50. The van der Waals surface area contributed by atoms with Crippen molar-refractivity contribution in [1.82, 2.24) is 10.2 Å². The van der Waals surface area contributed by atoms with Gasteiger partial charge < -0.3 is 5.32 Å². The largest absolute Gasteiger partial charge is 0.308 e. The Bertz CT molecular complexity index is 279. The summed E-state index contributed by atoms with van der Waals surface area (Å²) in [5.41, 5.74) is 0.694. The highest BCUT2D eigenvalue weighted by molar-refractivity contribution is 5.09. The molecule has 0 spiro atoms. The normalized spacial score (nSPS) is 33.6. The van der Waals surface area contributed by atoms with Gasteiger partial charge in [-0.25, -0.2) is 0 Å². The van der Waals surface area contributed by atoms with Gasteiger partial charge in [-0.3, -0.25) is 4.90 Å². The van der Waals surface area contributed by atoms with Gasteiger partial charge in [0.25, 0.3) is 0 Å². The van der Waals surface area contributed by atoms with Gasteiger partial charge in [-0.1, -0.05) is 19.9 Å². The Morgan fingerprint density at radius 2 is 2.00 bits per heavy atom. The molecule has 1 unspecified atom stereocenters. The molecule has 1 atom stereocenters. The van der Waals surface area contributed by atoms with E-state index in [0.717, 1.165) is 19.0 Å². The second-order valence-corrected chi connectivity index (χ2v) is 6.14. The first kappa shape index (κ1) is 13.1. The number of rotatable bonds is 5. The zero-order valence-corrected chi connectivity index (χ0v) is 11.8. The Hall–Kier alpha value is -0.340. The fraction of sp³-hybridized carbons (Fsp3) is 0.867. The highest BCUT2D eigenvalue weighted by atomic mass is 15.3. The fourth-order valence-corrected chi connectivity index (χ4v) is 3.34. The average molecular weight is 236 g/mol. The van der Waals surface area contributed by atoms with Gasteiger partial charge in [0.05, 0.1) is 0 Å². The molecule has 2 fully saturated rings. The van der Waals surface area contributed by atoms with E-state index < -0.39 is 0 Å². The molecule has 1 saturated heterocycles. The molecule has 2 aliphatic rings. The van der Waals surface area contributed by atoms with Gasteiger partial charge in [-0.2, -0.15) is 0 Å². The maximum Gasteiger partial charge on any atom is 0.0338 e. The Kier molecular flexibility index (Phi) is 3.65. The first-order valence-corrected chi connectivity index (χ1v) is 7.21. The number of piperazine rings is 1. The third-order valence-corrected chi connectivity index (χ3v) is 5.20. The summed E-state index contributed by atoms with van der Waals surface area (Å²) in [5, 5.41) is 3.86. The quantitative estimate of drug-likeness (QED) is 0.738. The lowest BCUT2D eigenvalue weighted by molar-refractivity contribution is 0.00680. The predicted octanol–water partition coefficient (Wildman–Crippen LogP) is 2.81. The van der Waals surface area contributed by atoms with Crippen molar-refractivity contribution in [2.75, 3.05) is 19.6 Å². The van der Waals surface area contributed by atoms with Crippen LogP contribution in [0.3, 0.4) is 0 Å². The first-order chi connectivity index (χ1) is 8.10. The van der Waals surface area contributed by atoms with Crippen LogP contribution in [0.4, 0.5) is 0 Å². The van der Waals surface area contributed by atoms with Crippen LogP contribution in [0.5, 0.6) is 0 Å². The van der Waals surface area contributed by atoms with E-state index in [1.807, 2.05) is 0 Å². The van der Waals surface area contributed by atoms with Crippen LogP contribution >= 0.6 is 0 Å². The van der Waals surface area contributed by atoms with Crippen LogP contribution in [0.2, 0.25) is 0 Å². The Balaban J connectivity index is 2.15. The average Bonchev–Trinajstić information content (AvgIpc) is 3.17. The summed E-state index contributed by atoms with van der Waals surface area (Å²) in [4.78, 5) is 2.68. The summed E-state index contributed by atoms with van der Waals surface area (Å²) in [6.45, 7) is 14.4. The Labute approximate surface area is 106 Å². The molecule has 1 aliphatic heterocycles. The predicted molar refractivity (Wildman–Crippen MR) is 74.2 cm³/mol. The standard InChI is InChI=1S/C15H28N2/c1-5-10-17-12-15(6-2,7-3)16-11-14(17,4)13-8-9-13/h5,13,16H,1,6-12H2,2-4H3. The van der Waals surface area contributed by atoms with Crippen LogP contribution < -0.4 is 5.32 Å². The zero-order valence-electron chi connectivity index (χ0n) is 11.8. The zero-order chi connectivity index (χ0) is 12.5. The van der Waals surface area contributed by atoms with Gasteiger partial charge in [0.1, 0.15) is 0 Å². The molecule has 0 aromatic carbocycles. The molecule has 1 saturated carbocycles. The molecule has 2 nitrogen and oxygen atoms in total. The van der Waals surface area contributed by atoms with Crippen LogP contribution in [0.25, 0.3) is 0 Å². The Morgan fingerprint density at radius 1 is 1.35 bits per heavy atom. The minimum atomic E-state index is 0.331. The molecule has 98 valence electrons. The lowest BCUT2D eigenvalue weighted by Crippen LogP contribution is -2.69. The molecular weight excluding hydrogens is 208 g/mol. The Morgan fingerprint density at radius 3 is 2.47 bits per heavy atom. The molecular formula is C15H28N2. The molecule has 1 heterocycles. The van der Waals surface area contributed by atoms with Gasteiger partial charge >= 0.3 is 0 Å². The molecule has 2 heteroatoms. The third-order valence-electron chi connectivity index (χ3n) is 5.20. The van der Waals surface area contributed by atoms with Gasteiger partial charge in [0.15, 0.2) is 0 Å². The molecule has 1 aliphatic carbocycles. The molecule has 0 bridgehead atoms. The van der Waals surface area contributed by atoms with Crippen molar-refractivity contribution in [3.05, 3.63) is 12.7 Å². The van der Waals surface area contributed by atoms with Gasteiger partial charge in [-0.05, 0) is 38.5 Å². The third kappa shape index (κ3) is 2.30. The maximum atomic E-state index is 3.94. The van der Waals surface area contributed by atoms with Crippen molar-refractivity contribution in [3.8, 4) is 0 Å². The van der Waals surface area contributed by atoms with E-state index in [4.69, 9.17) is 0 Å². The lowest BCUT2D eigenvalue weighted by Gasteiger charge is -2.53. The lowest BCUT2D eigenvalue weighted by atomic mass is 9.82. The van der Waals surface area contributed by atoms with Crippen molar-refractivity contribution in [2.24, 2.45) is 5.92 Å².